The lowest BCUT2D eigenvalue weighted by molar-refractivity contribution is -0.135. The smallest absolute Gasteiger partial charge is 0.414 e. The number of guanidine groups is 1. The van der Waals surface area contributed by atoms with Crippen molar-refractivity contribution in [3.63, 3.8) is 0 Å². The number of primary amides is 1. The zero-order valence-corrected chi connectivity index (χ0v) is 31.1. The van der Waals surface area contributed by atoms with Crippen LogP contribution < -0.4 is 16.4 Å². The Morgan fingerprint density at radius 1 is 1.00 bits per heavy atom. The first-order valence-electron chi connectivity index (χ1n) is 17.5. The van der Waals surface area contributed by atoms with Gasteiger partial charge in [0.1, 0.15) is 13.2 Å². The SMILES string of the molecule is CC(C)(C)C[C@]1(c2ccc(-c3cnn(C(F)F)c3)cc2)N=C(NC(=O)OCc2ccccc2)N([C@H](COC(=O)NC2CC2)c2ccc(Cl)c(C(N)=O)c2)C1=O. The van der Waals surface area contributed by atoms with Crippen LogP contribution in [-0.4, -0.2) is 57.3 Å². The first-order valence-corrected chi connectivity index (χ1v) is 17.9. The Morgan fingerprint density at radius 3 is 2.33 bits per heavy atom. The van der Waals surface area contributed by atoms with Crippen LogP contribution in [0.5, 0.6) is 0 Å². The average molecular weight is 776 g/mol. The second kappa shape index (κ2) is 15.9. The second-order valence-electron chi connectivity index (χ2n) is 14.6. The molecule has 0 unspecified atom stereocenters. The highest BCUT2D eigenvalue weighted by Crippen LogP contribution is 2.45. The maximum Gasteiger partial charge on any atom is 0.414 e. The summed E-state index contributed by atoms with van der Waals surface area (Å²) in [5.74, 6) is -1.63. The summed E-state index contributed by atoms with van der Waals surface area (Å²) in [4.78, 5) is 60.2. The summed E-state index contributed by atoms with van der Waals surface area (Å²) >= 11 is 6.31. The number of alkyl halides is 2. The van der Waals surface area contributed by atoms with Gasteiger partial charge in [0.05, 0.1) is 22.8 Å². The fourth-order valence-corrected chi connectivity index (χ4v) is 6.57. The predicted octanol–water partition coefficient (Wildman–Crippen LogP) is 7.08. The number of ether oxygens (including phenoxy) is 2. The standard InChI is InChI=1S/C39H40ClF2N7O6/c1-38(2,3)22-39(27-12-9-24(10-13-27)26-18-44-48(19-26)34(41)42)33(51)49(35(47-39)46-37(53)54-20-23-7-5-4-6-8-23)31(21-55-36(52)45-28-14-15-28)25-11-16-30(40)29(17-25)32(43)50/h4-13,16-19,28,31,34H,14-15,20-22H2,1-3H3,(H2,43,50)(H,45,52)(H,46,47,53)/t31-,39-/m1/s1. The molecule has 288 valence electrons. The molecule has 2 atom stereocenters. The summed E-state index contributed by atoms with van der Waals surface area (Å²) in [6.45, 7) is 2.45. The molecule has 4 N–H and O–H groups in total. The van der Waals surface area contributed by atoms with Crippen LogP contribution in [-0.2, 0) is 26.4 Å². The van der Waals surface area contributed by atoms with Gasteiger partial charge in [-0.2, -0.15) is 13.9 Å². The number of halogens is 3. The van der Waals surface area contributed by atoms with Gasteiger partial charge in [0, 0.05) is 17.8 Å². The van der Waals surface area contributed by atoms with E-state index >= 15 is 4.79 Å². The molecule has 1 aromatic heterocycles. The third-order valence-electron chi connectivity index (χ3n) is 9.03. The number of amides is 4. The molecule has 4 amide bonds. The van der Waals surface area contributed by atoms with Gasteiger partial charge in [-0.1, -0.05) is 93.0 Å². The summed E-state index contributed by atoms with van der Waals surface area (Å²) in [6.07, 6.45) is 2.62. The molecule has 0 radical (unpaired) electrons. The highest BCUT2D eigenvalue weighted by atomic mass is 35.5. The summed E-state index contributed by atoms with van der Waals surface area (Å²) in [5, 5.41) is 9.19. The largest absolute Gasteiger partial charge is 0.447 e. The lowest BCUT2D eigenvalue weighted by Gasteiger charge is -2.35. The number of hydrogen-bond acceptors (Lipinski definition) is 8. The van der Waals surface area contributed by atoms with Crippen molar-refractivity contribution < 1.29 is 37.4 Å². The number of rotatable bonds is 12. The van der Waals surface area contributed by atoms with Crippen LogP contribution in [0.1, 0.15) is 79.7 Å². The quantitative estimate of drug-likeness (QED) is 0.138. The molecular formula is C39H40ClF2N7O6. The predicted molar refractivity (Wildman–Crippen MR) is 199 cm³/mol. The molecule has 1 aliphatic heterocycles. The van der Waals surface area contributed by atoms with Crippen molar-refractivity contribution in [1.82, 2.24) is 25.3 Å². The minimum atomic E-state index is -2.82. The van der Waals surface area contributed by atoms with Crippen molar-refractivity contribution in [2.45, 2.75) is 70.8 Å². The number of nitrogens with zero attached hydrogens (tertiary/aromatic N) is 4. The van der Waals surface area contributed by atoms with Gasteiger partial charge < -0.3 is 20.5 Å². The maximum atomic E-state index is 15.3. The average Bonchev–Trinajstić information content (AvgIpc) is 3.73. The van der Waals surface area contributed by atoms with Crippen molar-refractivity contribution in [1.29, 1.82) is 0 Å². The minimum absolute atomic E-state index is 0.0262. The Labute approximate surface area is 320 Å². The van der Waals surface area contributed by atoms with Gasteiger partial charge in [-0.3, -0.25) is 19.8 Å². The van der Waals surface area contributed by atoms with Gasteiger partial charge in [-0.25, -0.2) is 19.3 Å². The molecule has 2 aliphatic rings. The van der Waals surface area contributed by atoms with Crippen LogP contribution in [0.4, 0.5) is 18.4 Å². The van der Waals surface area contributed by atoms with Crippen LogP contribution in [0, 0.1) is 5.41 Å². The Balaban J connectivity index is 1.44. The summed E-state index contributed by atoms with van der Waals surface area (Å²) in [7, 11) is 0. The third-order valence-corrected chi connectivity index (χ3v) is 9.36. The highest BCUT2D eigenvalue weighted by Gasteiger charge is 2.54. The summed E-state index contributed by atoms with van der Waals surface area (Å²) in [5.41, 5.74) is 5.82. The van der Waals surface area contributed by atoms with Crippen molar-refractivity contribution in [2.75, 3.05) is 6.61 Å². The molecule has 1 saturated carbocycles. The molecule has 0 bridgehead atoms. The van der Waals surface area contributed by atoms with Crippen molar-refractivity contribution >= 4 is 41.6 Å². The van der Waals surface area contributed by atoms with Crippen LogP contribution >= 0.6 is 11.6 Å². The van der Waals surface area contributed by atoms with Gasteiger partial charge >= 0.3 is 18.7 Å². The van der Waals surface area contributed by atoms with Crippen LogP contribution in [0.15, 0.2) is 90.2 Å². The van der Waals surface area contributed by atoms with Gasteiger partial charge in [0.2, 0.25) is 11.9 Å². The van der Waals surface area contributed by atoms with E-state index in [1.165, 1.54) is 29.4 Å². The molecule has 0 spiro atoms. The van der Waals surface area contributed by atoms with E-state index in [9.17, 15) is 23.2 Å². The minimum Gasteiger partial charge on any atom is -0.447 e. The number of nitrogens with one attached hydrogen (secondary N) is 2. The van der Waals surface area contributed by atoms with Crippen molar-refractivity contribution in [3.8, 4) is 11.1 Å². The molecular weight excluding hydrogens is 736 g/mol. The second-order valence-corrected chi connectivity index (χ2v) is 15.0. The molecule has 0 saturated heterocycles. The Bertz CT molecular complexity index is 2100. The van der Waals surface area contributed by atoms with Crippen LogP contribution in [0.3, 0.4) is 0 Å². The number of alkyl carbamates (subject to hydrolysis) is 2. The van der Waals surface area contributed by atoms with Crippen molar-refractivity contribution in [2.24, 2.45) is 16.1 Å². The molecule has 55 heavy (non-hydrogen) atoms. The fraction of sp³-hybridized carbons (Fsp3) is 0.333. The number of nitrogens with two attached hydrogens (primary N) is 1. The van der Waals surface area contributed by atoms with E-state index in [0.717, 1.165) is 12.8 Å². The number of aromatic nitrogens is 2. The Kier molecular flexibility index (Phi) is 11.2. The van der Waals surface area contributed by atoms with Gasteiger partial charge in [0.15, 0.2) is 5.54 Å². The molecule has 13 nitrogen and oxygen atoms in total. The third kappa shape index (κ3) is 9.11. The van der Waals surface area contributed by atoms with Gasteiger partial charge in [-0.15, -0.1) is 0 Å². The van der Waals surface area contributed by atoms with Gasteiger partial charge in [0.25, 0.3) is 5.91 Å². The molecule has 2 heterocycles. The summed E-state index contributed by atoms with van der Waals surface area (Å²) in [6, 6.07) is 18.8. The number of hydrogen-bond donors (Lipinski definition) is 3. The first kappa shape index (κ1) is 38.9. The highest BCUT2D eigenvalue weighted by molar-refractivity contribution is 6.33. The Morgan fingerprint density at radius 2 is 1.71 bits per heavy atom. The zero-order valence-electron chi connectivity index (χ0n) is 30.3. The topological polar surface area (TPSA) is 170 Å². The van der Waals surface area contributed by atoms with Gasteiger partial charge in [-0.05, 0) is 59.1 Å². The monoisotopic (exact) mass is 775 g/mol. The van der Waals surface area contributed by atoms with E-state index in [4.69, 9.17) is 31.8 Å². The van der Waals surface area contributed by atoms with Crippen LogP contribution in [0.25, 0.3) is 11.1 Å². The zero-order chi connectivity index (χ0) is 39.5. The normalized spacial score (nSPS) is 17.5. The molecule has 16 heteroatoms. The van der Waals surface area contributed by atoms with E-state index in [1.54, 1.807) is 54.6 Å². The number of carbonyl (C=O) groups excluding carboxylic acids is 4. The van der Waals surface area contributed by atoms with E-state index in [0.29, 0.717) is 32.5 Å². The maximum absolute atomic E-state index is 15.3. The number of benzene rings is 3. The molecule has 4 aromatic rings. The van der Waals surface area contributed by atoms with E-state index < -0.39 is 54.2 Å². The summed E-state index contributed by atoms with van der Waals surface area (Å²) < 4.78 is 38.3. The fourth-order valence-electron chi connectivity index (χ4n) is 6.36. The number of carbonyl (C=O) groups is 4. The lowest BCUT2D eigenvalue weighted by atomic mass is 9.75. The van der Waals surface area contributed by atoms with E-state index in [1.807, 2.05) is 26.8 Å². The van der Waals surface area contributed by atoms with Crippen molar-refractivity contribution in [3.05, 3.63) is 112 Å². The first-order chi connectivity index (χ1) is 26.1. The Hall–Kier alpha value is -5.83. The number of aliphatic imine (C=N–C) groups is 1. The molecule has 1 aliphatic carbocycles. The van der Waals surface area contributed by atoms with E-state index in [-0.39, 0.29) is 35.6 Å². The molecule has 6 rings (SSSR count). The lowest BCUT2D eigenvalue weighted by Crippen LogP contribution is -2.50. The molecule has 1 fully saturated rings. The van der Waals surface area contributed by atoms with Crippen LogP contribution in [0.2, 0.25) is 5.02 Å². The van der Waals surface area contributed by atoms with E-state index in [2.05, 4.69) is 15.7 Å². The molecule has 3 aromatic carbocycles.